The predicted octanol–water partition coefficient (Wildman–Crippen LogP) is -0.692. The molecular weight excluding hydrogens is 260 g/mol. The second-order valence-corrected chi connectivity index (χ2v) is 4.70. The zero-order valence-corrected chi connectivity index (χ0v) is 11.5. The van der Waals surface area contributed by atoms with Crippen LogP contribution in [-0.4, -0.2) is 39.3 Å². The lowest BCUT2D eigenvalue weighted by molar-refractivity contribution is -0.140. The number of imide groups is 1. The highest BCUT2D eigenvalue weighted by molar-refractivity contribution is 6.01. The first-order chi connectivity index (χ1) is 9.53. The molecule has 1 aromatic rings. The van der Waals surface area contributed by atoms with Crippen molar-refractivity contribution in [3.8, 4) is 0 Å². The Morgan fingerprint density at radius 3 is 2.90 bits per heavy atom. The molecule has 0 bridgehead atoms. The van der Waals surface area contributed by atoms with Crippen molar-refractivity contribution in [2.75, 3.05) is 12.0 Å². The monoisotopic (exact) mass is 278 g/mol. The van der Waals surface area contributed by atoms with Gasteiger partial charge in [-0.15, -0.1) is 0 Å². The number of hydrogen-bond acceptors (Lipinski definition) is 7. The zero-order chi connectivity index (χ0) is 14.7. The number of piperazine rings is 1. The number of aromatic nitrogens is 2. The first kappa shape index (κ1) is 14.4. The van der Waals surface area contributed by atoms with Crippen molar-refractivity contribution < 1.29 is 9.59 Å². The Morgan fingerprint density at radius 2 is 2.25 bits per heavy atom. The Kier molecular flexibility index (Phi) is 4.26. The normalized spacial score (nSPS) is 19.9. The Labute approximate surface area is 116 Å². The summed E-state index contributed by atoms with van der Waals surface area (Å²) in [6.07, 6.45) is 0.618. The molecule has 8 heteroatoms. The maximum absolute atomic E-state index is 11.8. The van der Waals surface area contributed by atoms with E-state index in [9.17, 15) is 9.59 Å². The van der Waals surface area contributed by atoms with Gasteiger partial charge >= 0.3 is 0 Å². The molecule has 0 spiro atoms. The maximum Gasteiger partial charge on any atom is 0.243 e. The van der Waals surface area contributed by atoms with Crippen molar-refractivity contribution in [3.05, 3.63) is 17.6 Å². The topological polar surface area (TPSA) is 113 Å². The van der Waals surface area contributed by atoms with Crippen LogP contribution in [0.5, 0.6) is 0 Å². The molecule has 8 nitrogen and oxygen atoms in total. The van der Waals surface area contributed by atoms with Gasteiger partial charge in [0.15, 0.2) is 0 Å². The molecule has 4 N–H and O–H groups in total. The van der Waals surface area contributed by atoms with Crippen molar-refractivity contribution in [1.82, 2.24) is 20.2 Å². The summed E-state index contributed by atoms with van der Waals surface area (Å²) in [5.74, 6) is 5.81. The molecule has 1 aromatic heterocycles. The number of nitrogens with zero attached hydrogens (tertiary/aromatic N) is 3. The molecule has 20 heavy (non-hydrogen) atoms. The molecule has 108 valence electrons. The van der Waals surface area contributed by atoms with Gasteiger partial charge in [0, 0.05) is 11.8 Å². The fourth-order valence-electron chi connectivity index (χ4n) is 2.29. The van der Waals surface area contributed by atoms with Gasteiger partial charge in [0.2, 0.25) is 11.8 Å². The lowest BCUT2D eigenvalue weighted by atomic mass is 10.1. The van der Waals surface area contributed by atoms with E-state index in [2.05, 4.69) is 20.7 Å². The van der Waals surface area contributed by atoms with Crippen LogP contribution in [0.25, 0.3) is 0 Å². The van der Waals surface area contributed by atoms with Crippen LogP contribution < -0.4 is 16.6 Å². The van der Waals surface area contributed by atoms with E-state index < -0.39 is 0 Å². The third-order valence-electron chi connectivity index (χ3n) is 3.13. The lowest BCUT2D eigenvalue weighted by Crippen LogP contribution is -2.57. The summed E-state index contributed by atoms with van der Waals surface area (Å²) >= 11 is 0. The Morgan fingerprint density at radius 1 is 1.50 bits per heavy atom. The minimum atomic E-state index is -0.342. The van der Waals surface area contributed by atoms with Gasteiger partial charge in [-0.3, -0.25) is 19.8 Å². The van der Waals surface area contributed by atoms with Crippen molar-refractivity contribution in [1.29, 1.82) is 0 Å². The summed E-state index contributed by atoms with van der Waals surface area (Å²) < 4.78 is 0. The number of nitrogen functional groups attached to an aromatic ring is 1. The summed E-state index contributed by atoms with van der Waals surface area (Å²) in [6.45, 7) is 4.22. The highest BCUT2D eigenvalue weighted by Crippen LogP contribution is 2.13. The van der Waals surface area contributed by atoms with Gasteiger partial charge in [-0.05, 0) is 13.3 Å². The highest BCUT2D eigenvalue weighted by Gasteiger charge is 2.32. The average Bonchev–Trinajstić information content (AvgIpc) is 2.37. The maximum atomic E-state index is 11.8. The largest absolute Gasteiger partial charge is 0.308 e. The van der Waals surface area contributed by atoms with Gasteiger partial charge < -0.3 is 5.43 Å². The molecule has 0 radical (unpaired) electrons. The number of carbonyl (C=O) groups is 2. The fourth-order valence-corrected chi connectivity index (χ4v) is 2.29. The molecule has 2 rings (SSSR count). The second-order valence-electron chi connectivity index (χ2n) is 4.70. The third-order valence-corrected chi connectivity index (χ3v) is 3.13. The lowest BCUT2D eigenvalue weighted by Gasteiger charge is -2.32. The van der Waals surface area contributed by atoms with E-state index in [0.29, 0.717) is 24.6 Å². The van der Waals surface area contributed by atoms with Crippen LogP contribution in [0.15, 0.2) is 6.07 Å². The van der Waals surface area contributed by atoms with Gasteiger partial charge in [-0.2, -0.15) is 0 Å². The molecule has 2 amide bonds. The molecule has 1 saturated heterocycles. The molecule has 1 fully saturated rings. The van der Waals surface area contributed by atoms with E-state index in [4.69, 9.17) is 5.84 Å². The summed E-state index contributed by atoms with van der Waals surface area (Å²) in [5.41, 5.74) is 3.24. The highest BCUT2D eigenvalue weighted by atomic mass is 16.2. The number of anilines is 1. The van der Waals surface area contributed by atoms with Crippen molar-refractivity contribution in [2.45, 2.75) is 32.9 Å². The predicted molar refractivity (Wildman–Crippen MR) is 72.2 cm³/mol. The number of carbonyl (C=O) groups excluding carboxylic acids is 2. The van der Waals surface area contributed by atoms with E-state index >= 15 is 0 Å². The molecule has 0 aromatic carbocycles. The van der Waals surface area contributed by atoms with Crippen molar-refractivity contribution >= 4 is 17.6 Å². The number of nitrogens with one attached hydrogen (secondary N) is 2. The summed E-state index contributed by atoms with van der Waals surface area (Å²) in [6, 6.07) is 1.38. The molecule has 1 aliphatic heterocycles. The SMILES string of the molecule is CCC1C(=O)NC(=O)CN1Cc1nc(C)cc(NN)n1. The quantitative estimate of drug-likeness (QED) is 0.379. The average molecular weight is 278 g/mol. The van der Waals surface area contributed by atoms with Gasteiger partial charge in [-0.1, -0.05) is 6.92 Å². The molecule has 1 unspecified atom stereocenters. The minimum absolute atomic E-state index is 0.160. The van der Waals surface area contributed by atoms with Crippen LogP contribution in [0.3, 0.4) is 0 Å². The molecule has 0 aliphatic carbocycles. The van der Waals surface area contributed by atoms with E-state index in [1.165, 1.54) is 0 Å². The van der Waals surface area contributed by atoms with Gasteiger partial charge in [-0.25, -0.2) is 15.8 Å². The van der Waals surface area contributed by atoms with Gasteiger partial charge in [0.05, 0.1) is 19.1 Å². The van der Waals surface area contributed by atoms with Crippen LogP contribution in [0.2, 0.25) is 0 Å². The number of rotatable bonds is 4. The Balaban J connectivity index is 2.20. The molecule has 0 saturated carbocycles. The third kappa shape index (κ3) is 3.09. The first-order valence-electron chi connectivity index (χ1n) is 6.42. The van der Waals surface area contributed by atoms with Gasteiger partial charge in [0.1, 0.15) is 11.6 Å². The Bertz CT molecular complexity index is 533. The minimum Gasteiger partial charge on any atom is -0.308 e. The van der Waals surface area contributed by atoms with Crippen LogP contribution in [0.4, 0.5) is 5.82 Å². The zero-order valence-electron chi connectivity index (χ0n) is 11.5. The Hall–Kier alpha value is -2.06. The summed E-state index contributed by atoms with van der Waals surface area (Å²) in [7, 11) is 0. The number of amides is 2. The van der Waals surface area contributed by atoms with Gasteiger partial charge in [0.25, 0.3) is 0 Å². The molecular formula is C12H18N6O2. The van der Waals surface area contributed by atoms with Crippen LogP contribution in [0, 0.1) is 6.92 Å². The second kappa shape index (κ2) is 5.93. The molecule has 2 heterocycles. The number of aryl methyl sites for hydroxylation is 1. The van der Waals surface area contributed by atoms with Crippen LogP contribution >= 0.6 is 0 Å². The number of nitrogens with two attached hydrogens (primary N) is 1. The van der Waals surface area contributed by atoms with Crippen molar-refractivity contribution in [3.63, 3.8) is 0 Å². The van der Waals surface area contributed by atoms with Crippen LogP contribution in [-0.2, 0) is 16.1 Å². The number of hydrogen-bond donors (Lipinski definition) is 3. The van der Waals surface area contributed by atoms with Crippen LogP contribution in [0.1, 0.15) is 24.9 Å². The summed E-state index contributed by atoms with van der Waals surface area (Å²) in [5, 5.41) is 2.34. The van der Waals surface area contributed by atoms with E-state index in [1.807, 2.05) is 13.8 Å². The summed E-state index contributed by atoms with van der Waals surface area (Å²) in [4.78, 5) is 33.6. The first-order valence-corrected chi connectivity index (χ1v) is 6.42. The van der Waals surface area contributed by atoms with Crippen molar-refractivity contribution in [2.24, 2.45) is 5.84 Å². The smallest absolute Gasteiger partial charge is 0.243 e. The standard InChI is InChI=1S/C12H18N6O2/c1-3-8-12(20)16-11(19)6-18(8)5-10-14-7(2)4-9(15-10)17-13/h4,8H,3,5-6,13H2,1-2H3,(H,14,15,17)(H,16,19,20). The molecule has 1 atom stereocenters. The fraction of sp³-hybridized carbons (Fsp3) is 0.500. The van der Waals surface area contributed by atoms with E-state index in [1.54, 1.807) is 11.0 Å². The van der Waals surface area contributed by atoms with E-state index in [0.717, 1.165) is 5.69 Å². The molecule has 1 aliphatic rings. The number of hydrazine groups is 1. The van der Waals surface area contributed by atoms with E-state index in [-0.39, 0.29) is 24.4 Å².